The lowest BCUT2D eigenvalue weighted by atomic mass is 10.1. The highest BCUT2D eigenvalue weighted by Crippen LogP contribution is 2.14. The van der Waals surface area contributed by atoms with Gasteiger partial charge in [0.25, 0.3) is 11.5 Å². The molecule has 2 N–H and O–H groups in total. The first kappa shape index (κ1) is 16.4. The number of aromatic amines is 1. The van der Waals surface area contributed by atoms with Crippen LogP contribution in [0.2, 0.25) is 0 Å². The van der Waals surface area contributed by atoms with Gasteiger partial charge in [0.05, 0.1) is 5.69 Å². The first-order chi connectivity index (χ1) is 12.0. The summed E-state index contributed by atoms with van der Waals surface area (Å²) in [5.41, 5.74) is 1.71. The zero-order chi connectivity index (χ0) is 18.0. The number of carbonyl (C=O) groups is 1. The third kappa shape index (κ3) is 3.28. The van der Waals surface area contributed by atoms with Crippen LogP contribution in [0.4, 0.5) is 5.69 Å². The molecule has 0 unspecified atom stereocenters. The minimum Gasteiger partial charge on any atom is -0.322 e. The predicted molar refractivity (Wildman–Crippen MR) is 96.5 cm³/mol. The van der Waals surface area contributed by atoms with Crippen molar-refractivity contribution in [3.8, 4) is 5.69 Å². The van der Waals surface area contributed by atoms with Crippen LogP contribution >= 0.6 is 0 Å². The Labute approximate surface area is 143 Å². The van der Waals surface area contributed by atoms with Crippen LogP contribution in [-0.4, -0.2) is 15.5 Å². The number of hydrogen-bond donors (Lipinski definition) is 2. The molecule has 6 nitrogen and oxygen atoms in total. The van der Waals surface area contributed by atoms with Crippen LogP contribution in [0.3, 0.4) is 0 Å². The Morgan fingerprint density at radius 2 is 1.72 bits per heavy atom. The van der Waals surface area contributed by atoms with E-state index in [9.17, 15) is 14.4 Å². The Morgan fingerprint density at radius 1 is 1.00 bits per heavy atom. The molecule has 3 aromatic rings. The smallest absolute Gasteiger partial charge is 0.322 e. The molecule has 1 heterocycles. The standard InChI is InChI=1S/C19H17N3O3/c1-12-8-9-14(10-13(12)2)21-17(23)16-11-20-19(25)22(18(16)24)15-6-4-3-5-7-15/h3-11H,1-2H3,(H,20,25)(H,21,23). The van der Waals surface area contributed by atoms with Crippen molar-refractivity contribution < 1.29 is 4.79 Å². The van der Waals surface area contributed by atoms with Gasteiger partial charge in [-0.05, 0) is 49.2 Å². The van der Waals surface area contributed by atoms with Gasteiger partial charge in [0.2, 0.25) is 0 Å². The van der Waals surface area contributed by atoms with Gasteiger partial charge < -0.3 is 10.3 Å². The van der Waals surface area contributed by atoms with E-state index >= 15 is 0 Å². The summed E-state index contributed by atoms with van der Waals surface area (Å²) in [6.07, 6.45) is 1.14. The van der Waals surface area contributed by atoms with E-state index in [2.05, 4.69) is 10.3 Å². The molecule has 0 aliphatic heterocycles. The largest absolute Gasteiger partial charge is 0.333 e. The second-order valence-electron chi connectivity index (χ2n) is 5.74. The van der Waals surface area contributed by atoms with Gasteiger partial charge in [-0.2, -0.15) is 0 Å². The quantitative estimate of drug-likeness (QED) is 0.771. The lowest BCUT2D eigenvalue weighted by Crippen LogP contribution is -2.38. The molecule has 6 heteroatoms. The highest BCUT2D eigenvalue weighted by atomic mass is 16.2. The molecule has 0 aliphatic rings. The first-order valence-corrected chi connectivity index (χ1v) is 7.76. The Balaban J connectivity index is 2.00. The van der Waals surface area contributed by atoms with E-state index in [-0.39, 0.29) is 5.56 Å². The van der Waals surface area contributed by atoms with Crippen molar-refractivity contribution in [2.45, 2.75) is 13.8 Å². The Hall–Kier alpha value is -3.41. The fourth-order valence-corrected chi connectivity index (χ4v) is 2.46. The fraction of sp³-hybridized carbons (Fsp3) is 0.105. The second-order valence-corrected chi connectivity index (χ2v) is 5.74. The van der Waals surface area contributed by atoms with Crippen LogP contribution in [0, 0.1) is 13.8 Å². The van der Waals surface area contributed by atoms with Crippen molar-refractivity contribution in [2.24, 2.45) is 0 Å². The molecular formula is C19H17N3O3. The number of anilines is 1. The van der Waals surface area contributed by atoms with Gasteiger partial charge in [-0.15, -0.1) is 0 Å². The minimum atomic E-state index is -0.670. The summed E-state index contributed by atoms with van der Waals surface area (Å²) in [5.74, 6) is -0.575. The van der Waals surface area contributed by atoms with E-state index in [4.69, 9.17) is 0 Å². The Bertz CT molecular complexity index is 1050. The lowest BCUT2D eigenvalue weighted by Gasteiger charge is -2.09. The molecule has 1 amide bonds. The summed E-state index contributed by atoms with van der Waals surface area (Å²) in [7, 11) is 0. The van der Waals surface area contributed by atoms with Crippen LogP contribution in [-0.2, 0) is 0 Å². The van der Waals surface area contributed by atoms with Crippen LogP contribution < -0.4 is 16.6 Å². The number of hydrogen-bond acceptors (Lipinski definition) is 3. The molecule has 1 aromatic heterocycles. The van der Waals surface area contributed by atoms with Gasteiger partial charge in [-0.25, -0.2) is 9.36 Å². The SMILES string of the molecule is Cc1ccc(NC(=O)c2c[nH]c(=O)n(-c3ccccc3)c2=O)cc1C. The maximum absolute atomic E-state index is 12.6. The van der Waals surface area contributed by atoms with E-state index in [1.807, 2.05) is 26.0 Å². The molecular weight excluding hydrogens is 318 g/mol. The number of nitrogens with zero attached hydrogens (tertiary/aromatic N) is 1. The summed E-state index contributed by atoms with van der Waals surface area (Å²) >= 11 is 0. The number of carbonyl (C=O) groups excluding carboxylic acids is 1. The number of benzene rings is 2. The molecule has 0 radical (unpaired) electrons. The predicted octanol–water partition coefficient (Wildman–Crippen LogP) is 2.39. The number of amides is 1. The summed E-state index contributed by atoms with van der Waals surface area (Å²) in [6, 6.07) is 13.9. The maximum Gasteiger partial charge on any atom is 0.333 e. The summed E-state index contributed by atoms with van der Waals surface area (Å²) < 4.78 is 0.940. The van der Waals surface area contributed by atoms with E-state index in [1.54, 1.807) is 36.4 Å². The average molecular weight is 335 g/mol. The average Bonchev–Trinajstić information content (AvgIpc) is 2.59. The number of nitrogens with one attached hydrogen (secondary N) is 2. The van der Waals surface area contributed by atoms with E-state index in [0.717, 1.165) is 21.9 Å². The second kappa shape index (κ2) is 6.60. The van der Waals surface area contributed by atoms with E-state index < -0.39 is 17.2 Å². The van der Waals surface area contributed by atoms with Crippen LogP contribution in [0.15, 0.2) is 64.3 Å². The van der Waals surface area contributed by atoms with Crippen molar-refractivity contribution >= 4 is 11.6 Å². The normalized spacial score (nSPS) is 10.5. The molecule has 0 saturated heterocycles. The number of H-pyrrole nitrogens is 1. The number of para-hydroxylation sites is 1. The Kier molecular flexibility index (Phi) is 4.35. The van der Waals surface area contributed by atoms with Crippen LogP contribution in [0.25, 0.3) is 5.69 Å². The molecule has 0 aliphatic carbocycles. The van der Waals surface area contributed by atoms with E-state index in [0.29, 0.717) is 11.4 Å². The highest BCUT2D eigenvalue weighted by molar-refractivity contribution is 6.03. The van der Waals surface area contributed by atoms with Crippen molar-refractivity contribution in [3.63, 3.8) is 0 Å². The number of rotatable bonds is 3. The van der Waals surface area contributed by atoms with Gasteiger partial charge in [-0.1, -0.05) is 24.3 Å². The summed E-state index contributed by atoms with van der Waals surface area (Å²) in [5, 5.41) is 2.69. The molecule has 25 heavy (non-hydrogen) atoms. The topological polar surface area (TPSA) is 84.0 Å². The molecule has 126 valence electrons. The molecule has 0 bridgehead atoms. The third-order valence-electron chi connectivity index (χ3n) is 4.00. The van der Waals surface area contributed by atoms with Gasteiger partial charge in [0, 0.05) is 11.9 Å². The van der Waals surface area contributed by atoms with Gasteiger partial charge in [-0.3, -0.25) is 9.59 Å². The molecule has 2 aromatic carbocycles. The minimum absolute atomic E-state index is 0.137. The van der Waals surface area contributed by atoms with Crippen molar-refractivity contribution in [1.29, 1.82) is 0 Å². The van der Waals surface area contributed by atoms with E-state index in [1.165, 1.54) is 0 Å². The molecule has 0 saturated carbocycles. The van der Waals surface area contributed by atoms with Crippen molar-refractivity contribution in [3.05, 3.63) is 92.3 Å². The van der Waals surface area contributed by atoms with Crippen molar-refractivity contribution in [2.75, 3.05) is 5.32 Å². The van der Waals surface area contributed by atoms with Gasteiger partial charge in [0.15, 0.2) is 0 Å². The van der Waals surface area contributed by atoms with Crippen molar-refractivity contribution in [1.82, 2.24) is 9.55 Å². The van der Waals surface area contributed by atoms with Crippen LogP contribution in [0.1, 0.15) is 21.5 Å². The first-order valence-electron chi connectivity index (χ1n) is 7.76. The number of aryl methyl sites for hydroxylation is 2. The fourth-order valence-electron chi connectivity index (χ4n) is 2.46. The highest BCUT2D eigenvalue weighted by Gasteiger charge is 2.16. The maximum atomic E-state index is 12.6. The third-order valence-corrected chi connectivity index (χ3v) is 4.00. The van der Waals surface area contributed by atoms with Gasteiger partial charge in [0.1, 0.15) is 5.56 Å². The zero-order valence-electron chi connectivity index (χ0n) is 13.9. The van der Waals surface area contributed by atoms with Gasteiger partial charge >= 0.3 is 5.69 Å². The molecule has 0 fully saturated rings. The lowest BCUT2D eigenvalue weighted by molar-refractivity contribution is 0.102. The summed E-state index contributed by atoms with van der Waals surface area (Å²) in [4.78, 5) is 39.6. The molecule has 0 atom stereocenters. The monoisotopic (exact) mass is 335 g/mol. The molecule has 0 spiro atoms. The zero-order valence-corrected chi connectivity index (χ0v) is 13.9. The summed E-state index contributed by atoms with van der Waals surface area (Å²) in [6.45, 7) is 3.91. The van der Waals surface area contributed by atoms with Crippen LogP contribution in [0.5, 0.6) is 0 Å². The Morgan fingerprint density at radius 3 is 2.40 bits per heavy atom. The molecule has 3 rings (SSSR count). The number of aromatic nitrogens is 2.